The van der Waals surface area contributed by atoms with Gasteiger partial charge < -0.3 is 5.11 Å². The molecule has 21 heavy (non-hydrogen) atoms. The SMILES string of the molecule is CSCCCCCCn1c(C)c(CC(=O)O)c(C)nc1=O. The number of thioether (sulfide) groups is 1. The largest absolute Gasteiger partial charge is 0.481 e. The average Bonchev–Trinajstić information content (AvgIpc) is 2.41. The van der Waals surface area contributed by atoms with Gasteiger partial charge in [0.1, 0.15) is 0 Å². The van der Waals surface area contributed by atoms with E-state index in [2.05, 4.69) is 11.2 Å². The van der Waals surface area contributed by atoms with Crippen LogP contribution in [0.3, 0.4) is 0 Å². The lowest BCUT2D eigenvalue weighted by atomic mass is 10.1. The molecule has 0 aliphatic heterocycles. The van der Waals surface area contributed by atoms with E-state index in [0.717, 1.165) is 25.0 Å². The van der Waals surface area contributed by atoms with E-state index >= 15 is 0 Å². The summed E-state index contributed by atoms with van der Waals surface area (Å²) in [5.74, 6) is 0.277. The monoisotopic (exact) mass is 312 g/mol. The molecule has 0 aliphatic rings. The number of nitrogens with zero attached hydrogens (tertiary/aromatic N) is 2. The van der Waals surface area contributed by atoms with Crippen LogP contribution in [0.25, 0.3) is 0 Å². The minimum atomic E-state index is -0.898. The molecule has 0 bridgehead atoms. The highest BCUT2D eigenvalue weighted by Crippen LogP contribution is 2.12. The molecule has 0 amide bonds. The second-order valence-electron chi connectivity index (χ2n) is 5.17. The van der Waals surface area contributed by atoms with E-state index in [1.807, 2.05) is 18.7 Å². The molecule has 0 fully saturated rings. The van der Waals surface area contributed by atoms with Gasteiger partial charge in [0.05, 0.1) is 6.42 Å². The van der Waals surface area contributed by atoms with Gasteiger partial charge in [-0.3, -0.25) is 9.36 Å². The molecule has 0 aliphatic carbocycles. The van der Waals surface area contributed by atoms with E-state index in [9.17, 15) is 9.59 Å². The van der Waals surface area contributed by atoms with Crippen LogP contribution < -0.4 is 5.69 Å². The summed E-state index contributed by atoms with van der Waals surface area (Å²) in [4.78, 5) is 26.8. The molecule has 1 aromatic heterocycles. The summed E-state index contributed by atoms with van der Waals surface area (Å²) in [6.07, 6.45) is 6.38. The van der Waals surface area contributed by atoms with E-state index in [4.69, 9.17) is 5.11 Å². The molecule has 1 aromatic rings. The van der Waals surface area contributed by atoms with E-state index in [0.29, 0.717) is 17.8 Å². The van der Waals surface area contributed by atoms with Crippen LogP contribution in [0, 0.1) is 13.8 Å². The van der Waals surface area contributed by atoms with Crippen molar-refractivity contribution in [2.75, 3.05) is 12.0 Å². The van der Waals surface area contributed by atoms with E-state index in [1.54, 1.807) is 11.5 Å². The van der Waals surface area contributed by atoms with E-state index < -0.39 is 5.97 Å². The molecule has 1 N–H and O–H groups in total. The van der Waals surface area contributed by atoms with Crippen molar-refractivity contribution in [1.29, 1.82) is 0 Å². The number of aryl methyl sites for hydroxylation is 1. The maximum atomic E-state index is 12.0. The molecule has 0 spiro atoms. The van der Waals surface area contributed by atoms with E-state index in [-0.39, 0.29) is 12.1 Å². The Labute approximate surface area is 129 Å². The molecule has 5 nitrogen and oxygen atoms in total. The predicted molar refractivity (Wildman–Crippen MR) is 86.2 cm³/mol. The molecule has 0 radical (unpaired) electrons. The maximum absolute atomic E-state index is 12.0. The smallest absolute Gasteiger partial charge is 0.347 e. The number of aromatic nitrogens is 2. The van der Waals surface area contributed by atoms with Crippen molar-refractivity contribution in [2.45, 2.75) is 52.5 Å². The molecule has 0 aromatic carbocycles. The standard InChI is InChI=1S/C15H24N2O3S/c1-11-13(10-14(18)19)12(2)17(15(20)16-11)8-6-4-5-7-9-21-3/h4-10H2,1-3H3,(H,18,19). The Kier molecular flexibility index (Phi) is 7.50. The van der Waals surface area contributed by atoms with Crippen molar-refractivity contribution in [1.82, 2.24) is 9.55 Å². The average molecular weight is 312 g/mol. The molecular weight excluding hydrogens is 288 g/mol. The first-order chi connectivity index (χ1) is 9.97. The highest BCUT2D eigenvalue weighted by atomic mass is 32.2. The summed E-state index contributed by atoms with van der Waals surface area (Å²) in [6, 6.07) is 0. The maximum Gasteiger partial charge on any atom is 0.347 e. The van der Waals surface area contributed by atoms with Crippen LogP contribution >= 0.6 is 11.8 Å². The summed E-state index contributed by atoms with van der Waals surface area (Å²) in [5, 5.41) is 8.96. The molecule has 0 atom stereocenters. The second kappa shape index (κ2) is 8.87. The quantitative estimate of drug-likeness (QED) is 0.709. The van der Waals surface area contributed by atoms with Gasteiger partial charge in [-0.05, 0) is 38.7 Å². The van der Waals surface area contributed by atoms with Crippen LogP contribution in [0.5, 0.6) is 0 Å². The third-order valence-corrected chi connectivity index (χ3v) is 4.28. The molecule has 0 saturated carbocycles. The molecule has 1 rings (SSSR count). The fourth-order valence-electron chi connectivity index (χ4n) is 2.38. The minimum Gasteiger partial charge on any atom is -0.481 e. The van der Waals surface area contributed by atoms with Crippen LogP contribution in [0.15, 0.2) is 4.79 Å². The third-order valence-electron chi connectivity index (χ3n) is 3.58. The van der Waals surface area contributed by atoms with Gasteiger partial charge in [-0.2, -0.15) is 16.7 Å². The highest BCUT2D eigenvalue weighted by Gasteiger charge is 2.13. The van der Waals surface area contributed by atoms with Gasteiger partial charge in [0, 0.05) is 23.5 Å². The summed E-state index contributed by atoms with van der Waals surface area (Å²) in [7, 11) is 0. The first-order valence-electron chi connectivity index (χ1n) is 7.25. The van der Waals surface area contributed by atoms with Gasteiger partial charge in [0.15, 0.2) is 0 Å². The number of unbranched alkanes of at least 4 members (excludes halogenated alkanes) is 3. The number of aliphatic carboxylic acids is 1. The normalized spacial score (nSPS) is 10.8. The molecular formula is C15H24N2O3S. The van der Waals surface area contributed by atoms with Crippen molar-refractivity contribution in [3.05, 3.63) is 27.4 Å². The zero-order valence-corrected chi connectivity index (χ0v) is 13.8. The Bertz CT molecular complexity index is 540. The van der Waals surface area contributed by atoms with Crippen molar-refractivity contribution < 1.29 is 9.90 Å². The third kappa shape index (κ3) is 5.53. The van der Waals surface area contributed by atoms with Crippen LogP contribution in [-0.2, 0) is 17.8 Å². The Morgan fingerprint density at radius 3 is 2.52 bits per heavy atom. The lowest BCUT2D eigenvalue weighted by Gasteiger charge is -2.14. The Morgan fingerprint density at radius 2 is 1.90 bits per heavy atom. The fraction of sp³-hybridized carbons (Fsp3) is 0.667. The van der Waals surface area contributed by atoms with Crippen molar-refractivity contribution in [3.8, 4) is 0 Å². The summed E-state index contributed by atoms with van der Waals surface area (Å²) in [5.41, 5.74) is 1.64. The molecule has 1 heterocycles. The van der Waals surface area contributed by atoms with E-state index in [1.165, 1.54) is 12.2 Å². The Hall–Kier alpha value is -1.30. The lowest BCUT2D eigenvalue weighted by molar-refractivity contribution is -0.136. The number of carboxylic acid groups (broad SMARTS) is 1. The number of carbonyl (C=O) groups is 1. The highest BCUT2D eigenvalue weighted by molar-refractivity contribution is 7.98. The minimum absolute atomic E-state index is 0.0847. The Morgan fingerprint density at radius 1 is 1.24 bits per heavy atom. The number of carboxylic acids is 1. The van der Waals surface area contributed by atoms with Gasteiger partial charge in [0.25, 0.3) is 0 Å². The molecule has 0 unspecified atom stereocenters. The van der Waals surface area contributed by atoms with Gasteiger partial charge in [-0.25, -0.2) is 4.79 Å². The first-order valence-corrected chi connectivity index (χ1v) is 8.64. The lowest BCUT2D eigenvalue weighted by Crippen LogP contribution is -2.28. The van der Waals surface area contributed by atoms with Crippen molar-refractivity contribution in [3.63, 3.8) is 0 Å². The zero-order valence-electron chi connectivity index (χ0n) is 13.0. The summed E-state index contributed by atoms with van der Waals surface area (Å²) in [6.45, 7) is 4.12. The van der Waals surface area contributed by atoms with Crippen LogP contribution in [-0.4, -0.2) is 32.6 Å². The predicted octanol–water partition coefficient (Wildman–Crippen LogP) is 2.41. The fourth-order valence-corrected chi connectivity index (χ4v) is 2.87. The van der Waals surface area contributed by atoms with Crippen LogP contribution in [0.1, 0.15) is 42.6 Å². The van der Waals surface area contributed by atoms with Crippen molar-refractivity contribution in [2.24, 2.45) is 0 Å². The molecule has 118 valence electrons. The number of hydrogen-bond acceptors (Lipinski definition) is 4. The molecule has 6 heteroatoms. The summed E-state index contributed by atoms with van der Waals surface area (Å²) < 4.78 is 1.61. The summed E-state index contributed by atoms with van der Waals surface area (Å²) >= 11 is 1.85. The van der Waals surface area contributed by atoms with Gasteiger partial charge >= 0.3 is 11.7 Å². The zero-order chi connectivity index (χ0) is 15.8. The topological polar surface area (TPSA) is 72.2 Å². The number of hydrogen-bond donors (Lipinski definition) is 1. The Balaban J connectivity index is 2.73. The van der Waals surface area contributed by atoms with Crippen LogP contribution in [0.4, 0.5) is 0 Å². The van der Waals surface area contributed by atoms with Gasteiger partial charge in [0.2, 0.25) is 0 Å². The van der Waals surface area contributed by atoms with Gasteiger partial charge in [-0.15, -0.1) is 0 Å². The van der Waals surface area contributed by atoms with Crippen molar-refractivity contribution >= 4 is 17.7 Å². The van der Waals surface area contributed by atoms with Crippen LogP contribution in [0.2, 0.25) is 0 Å². The number of rotatable bonds is 9. The second-order valence-corrected chi connectivity index (χ2v) is 6.16. The molecule has 0 saturated heterocycles. The van der Waals surface area contributed by atoms with Gasteiger partial charge in [-0.1, -0.05) is 12.8 Å². The first kappa shape index (κ1) is 17.8.